The molecule has 5 heteroatoms. The number of methoxy groups -OCH3 is 2. The predicted molar refractivity (Wildman–Crippen MR) is 74.1 cm³/mol. The van der Waals surface area contributed by atoms with Gasteiger partial charge in [-0.25, -0.2) is 0 Å². The van der Waals surface area contributed by atoms with Gasteiger partial charge >= 0.3 is 5.97 Å². The van der Waals surface area contributed by atoms with Gasteiger partial charge in [-0.15, -0.1) is 0 Å². The second-order valence-corrected chi connectivity index (χ2v) is 4.39. The zero-order valence-electron chi connectivity index (χ0n) is 12.1. The fourth-order valence-corrected chi connectivity index (χ4v) is 1.75. The molecule has 20 heavy (non-hydrogen) atoms. The summed E-state index contributed by atoms with van der Waals surface area (Å²) >= 11 is 0. The molecule has 0 heterocycles. The Morgan fingerprint density at radius 2 is 1.80 bits per heavy atom. The molecule has 0 fully saturated rings. The number of ketones is 1. The van der Waals surface area contributed by atoms with Crippen molar-refractivity contribution in [3.8, 4) is 11.5 Å². The second-order valence-electron chi connectivity index (χ2n) is 4.39. The Morgan fingerprint density at radius 1 is 1.10 bits per heavy atom. The molecule has 0 bridgehead atoms. The standard InChI is InChI=1S/C15H20O5/c1-11(16)9-15(17)20-8-4-5-12-6-7-13(18-2)14(10-12)19-3/h6-7,10H,4-5,8-9H2,1-3H3. The van der Waals surface area contributed by atoms with Crippen molar-refractivity contribution in [3.05, 3.63) is 23.8 Å². The normalized spacial score (nSPS) is 9.95. The van der Waals surface area contributed by atoms with Crippen molar-refractivity contribution < 1.29 is 23.8 Å². The average Bonchev–Trinajstić information content (AvgIpc) is 2.42. The minimum atomic E-state index is -0.468. The zero-order chi connectivity index (χ0) is 15.0. The summed E-state index contributed by atoms with van der Waals surface area (Å²) in [5.74, 6) is 0.711. The van der Waals surface area contributed by atoms with E-state index in [1.165, 1.54) is 6.92 Å². The first kappa shape index (κ1) is 16.0. The van der Waals surface area contributed by atoms with Crippen LogP contribution in [0.15, 0.2) is 18.2 Å². The van der Waals surface area contributed by atoms with E-state index in [1.54, 1.807) is 14.2 Å². The van der Waals surface area contributed by atoms with Gasteiger partial charge < -0.3 is 14.2 Å². The SMILES string of the molecule is COc1ccc(CCCOC(=O)CC(C)=O)cc1OC. The lowest BCUT2D eigenvalue weighted by molar-refractivity contribution is -0.145. The molecule has 0 radical (unpaired) electrons. The van der Waals surface area contributed by atoms with Crippen LogP contribution in [0.5, 0.6) is 11.5 Å². The van der Waals surface area contributed by atoms with Gasteiger partial charge in [-0.2, -0.15) is 0 Å². The Morgan fingerprint density at radius 3 is 2.40 bits per heavy atom. The molecule has 1 aromatic rings. The summed E-state index contributed by atoms with van der Waals surface area (Å²) in [7, 11) is 3.18. The van der Waals surface area contributed by atoms with Crippen LogP contribution in [0.2, 0.25) is 0 Å². The smallest absolute Gasteiger partial charge is 0.313 e. The zero-order valence-corrected chi connectivity index (χ0v) is 12.1. The van der Waals surface area contributed by atoms with Gasteiger partial charge in [0.15, 0.2) is 11.5 Å². The van der Waals surface area contributed by atoms with Gasteiger partial charge in [0.05, 0.1) is 20.8 Å². The molecule has 0 spiro atoms. The topological polar surface area (TPSA) is 61.8 Å². The molecule has 1 aromatic carbocycles. The highest BCUT2D eigenvalue weighted by atomic mass is 16.5. The Hall–Kier alpha value is -2.04. The van der Waals surface area contributed by atoms with E-state index in [0.717, 1.165) is 12.0 Å². The number of rotatable bonds is 8. The highest BCUT2D eigenvalue weighted by Gasteiger charge is 2.07. The van der Waals surface area contributed by atoms with E-state index < -0.39 is 5.97 Å². The minimum Gasteiger partial charge on any atom is -0.493 e. The van der Waals surface area contributed by atoms with Crippen LogP contribution < -0.4 is 9.47 Å². The predicted octanol–water partition coefficient (Wildman–Crippen LogP) is 2.16. The first-order valence-electron chi connectivity index (χ1n) is 6.42. The highest BCUT2D eigenvalue weighted by Crippen LogP contribution is 2.27. The summed E-state index contributed by atoms with van der Waals surface area (Å²) in [5.41, 5.74) is 1.07. The summed E-state index contributed by atoms with van der Waals surface area (Å²) in [5, 5.41) is 0. The van der Waals surface area contributed by atoms with Gasteiger partial charge in [0.2, 0.25) is 0 Å². The maximum absolute atomic E-state index is 11.2. The van der Waals surface area contributed by atoms with E-state index in [2.05, 4.69) is 0 Å². The Kier molecular flexibility index (Phi) is 6.56. The molecular formula is C15H20O5. The number of aryl methyl sites for hydroxylation is 1. The fraction of sp³-hybridized carbons (Fsp3) is 0.467. The molecular weight excluding hydrogens is 260 g/mol. The number of esters is 1. The van der Waals surface area contributed by atoms with Gasteiger partial charge in [-0.1, -0.05) is 6.07 Å². The molecule has 0 aromatic heterocycles. The molecule has 1 rings (SSSR count). The molecule has 5 nitrogen and oxygen atoms in total. The van der Waals surface area contributed by atoms with Crippen molar-refractivity contribution in [2.24, 2.45) is 0 Å². The monoisotopic (exact) mass is 280 g/mol. The molecule has 0 aliphatic rings. The third kappa shape index (κ3) is 5.30. The van der Waals surface area contributed by atoms with Crippen LogP contribution in [0.3, 0.4) is 0 Å². The van der Waals surface area contributed by atoms with Crippen molar-refractivity contribution in [2.45, 2.75) is 26.2 Å². The Balaban J connectivity index is 2.39. The molecule has 0 aliphatic carbocycles. The molecule has 0 amide bonds. The summed E-state index contributed by atoms with van der Waals surface area (Å²) < 4.78 is 15.3. The summed E-state index contributed by atoms with van der Waals surface area (Å²) in [6.45, 7) is 1.67. The van der Waals surface area contributed by atoms with Gasteiger partial charge in [0.1, 0.15) is 12.2 Å². The molecule has 0 saturated heterocycles. The number of carbonyl (C=O) groups excluding carboxylic acids is 2. The first-order chi connectivity index (χ1) is 9.56. The van der Waals surface area contributed by atoms with Crippen LogP contribution in [-0.2, 0) is 20.7 Å². The maximum Gasteiger partial charge on any atom is 0.313 e. The minimum absolute atomic E-state index is 0.156. The molecule has 110 valence electrons. The largest absolute Gasteiger partial charge is 0.493 e. The van der Waals surface area contributed by atoms with Gasteiger partial charge in [-0.3, -0.25) is 9.59 Å². The molecule has 0 aliphatic heterocycles. The second kappa shape index (κ2) is 8.19. The summed E-state index contributed by atoms with van der Waals surface area (Å²) in [6.07, 6.45) is 1.29. The fourth-order valence-electron chi connectivity index (χ4n) is 1.75. The third-order valence-electron chi connectivity index (χ3n) is 2.71. The van der Waals surface area contributed by atoms with Crippen molar-refractivity contribution in [1.82, 2.24) is 0 Å². The third-order valence-corrected chi connectivity index (χ3v) is 2.71. The van der Waals surface area contributed by atoms with Crippen molar-refractivity contribution in [1.29, 1.82) is 0 Å². The van der Waals surface area contributed by atoms with Crippen molar-refractivity contribution >= 4 is 11.8 Å². The number of hydrogen-bond donors (Lipinski definition) is 0. The van der Waals surface area contributed by atoms with Crippen LogP contribution >= 0.6 is 0 Å². The van der Waals surface area contributed by atoms with Crippen molar-refractivity contribution in [3.63, 3.8) is 0 Å². The number of carbonyl (C=O) groups is 2. The van der Waals surface area contributed by atoms with Gasteiger partial charge in [0, 0.05) is 0 Å². The van der Waals surface area contributed by atoms with Crippen LogP contribution in [-0.4, -0.2) is 32.6 Å². The van der Waals surface area contributed by atoms with Crippen molar-refractivity contribution in [2.75, 3.05) is 20.8 Å². The Bertz CT molecular complexity index is 467. The lowest BCUT2D eigenvalue weighted by Crippen LogP contribution is -2.10. The highest BCUT2D eigenvalue weighted by molar-refractivity contribution is 5.94. The van der Waals surface area contributed by atoms with Crippen LogP contribution in [0.25, 0.3) is 0 Å². The molecule has 0 atom stereocenters. The lowest BCUT2D eigenvalue weighted by atomic mass is 10.1. The Labute approximate surface area is 118 Å². The summed E-state index contributed by atoms with van der Waals surface area (Å²) in [6, 6.07) is 5.69. The number of Topliss-reactive ketones (excluding diaryl/α,β-unsaturated/α-hetero) is 1. The molecule has 0 saturated carbocycles. The van der Waals surface area contributed by atoms with E-state index in [1.807, 2.05) is 18.2 Å². The van der Waals surface area contributed by atoms with Gasteiger partial charge in [-0.05, 0) is 37.5 Å². The maximum atomic E-state index is 11.2. The average molecular weight is 280 g/mol. The lowest BCUT2D eigenvalue weighted by Gasteiger charge is -2.09. The summed E-state index contributed by atoms with van der Waals surface area (Å²) in [4.78, 5) is 21.9. The first-order valence-corrected chi connectivity index (χ1v) is 6.42. The quantitative estimate of drug-likeness (QED) is 0.415. The molecule has 0 unspecified atom stereocenters. The number of benzene rings is 1. The van der Waals surface area contributed by atoms with E-state index >= 15 is 0 Å². The molecule has 0 N–H and O–H groups in total. The van der Waals surface area contributed by atoms with E-state index in [4.69, 9.17) is 14.2 Å². The van der Waals surface area contributed by atoms with Crippen LogP contribution in [0.1, 0.15) is 25.3 Å². The van der Waals surface area contributed by atoms with Crippen LogP contribution in [0.4, 0.5) is 0 Å². The number of hydrogen-bond acceptors (Lipinski definition) is 5. The van der Waals surface area contributed by atoms with E-state index in [9.17, 15) is 9.59 Å². The van der Waals surface area contributed by atoms with Gasteiger partial charge in [0.25, 0.3) is 0 Å². The van der Waals surface area contributed by atoms with E-state index in [0.29, 0.717) is 24.5 Å². The number of ether oxygens (including phenoxy) is 3. The van der Waals surface area contributed by atoms with E-state index in [-0.39, 0.29) is 12.2 Å². The van der Waals surface area contributed by atoms with Crippen LogP contribution in [0, 0.1) is 0 Å².